The Hall–Kier alpha value is -3.66. The van der Waals surface area contributed by atoms with E-state index in [4.69, 9.17) is 4.52 Å². The van der Waals surface area contributed by atoms with E-state index in [9.17, 15) is 14.4 Å². The van der Waals surface area contributed by atoms with Crippen molar-refractivity contribution in [1.82, 2.24) is 20.4 Å². The zero-order chi connectivity index (χ0) is 25.4. The number of likely N-dealkylation sites (tertiary alicyclic amines) is 1. The lowest BCUT2D eigenvalue weighted by molar-refractivity contribution is -0.113. The number of rotatable bonds is 5. The fraction of sp³-hybridized carbons (Fsp3) is 0.370. The molecule has 37 heavy (non-hydrogen) atoms. The molecule has 3 aromatic rings. The summed E-state index contributed by atoms with van der Waals surface area (Å²) < 4.78 is 5.44. The molecule has 3 amide bonds. The van der Waals surface area contributed by atoms with Crippen molar-refractivity contribution in [1.29, 1.82) is 0 Å². The first-order valence-corrected chi connectivity index (χ1v) is 13.6. The number of anilines is 1. The van der Waals surface area contributed by atoms with Gasteiger partial charge in [0.25, 0.3) is 11.8 Å². The maximum Gasteiger partial charge on any atom is 0.276 e. The first-order valence-electron chi connectivity index (χ1n) is 12.6. The zero-order valence-electron chi connectivity index (χ0n) is 20.2. The van der Waals surface area contributed by atoms with E-state index in [-0.39, 0.29) is 17.7 Å². The number of carbonyl (C=O) groups is 3. The van der Waals surface area contributed by atoms with Crippen LogP contribution >= 0.6 is 11.8 Å². The number of pyridine rings is 1. The van der Waals surface area contributed by atoms with Crippen LogP contribution in [-0.4, -0.2) is 58.1 Å². The molecule has 6 rings (SSSR count). The summed E-state index contributed by atoms with van der Waals surface area (Å²) in [4.78, 5) is 44.0. The molecule has 2 fully saturated rings. The average molecular weight is 518 g/mol. The second kappa shape index (κ2) is 10.0. The van der Waals surface area contributed by atoms with Crippen molar-refractivity contribution < 1.29 is 18.9 Å². The number of fused-ring (bicyclic) bond motifs is 2. The molecule has 3 atom stereocenters. The summed E-state index contributed by atoms with van der Waals surface area (Å²) in [5.74, 6) is 1.54. The second-order valence-corrected chi connectivity index (χ2v) is 10.9. The third-order valence-corrected chi connectivity index (χ3v) is 8.58. The minimum atomic E-state index is -0.204. The molecule has 1 aromatic carbocycles. The van der Waals surface area contributed by atoms with Gasteiger partial charge in [0.1, 0.15) is 5.03 Å². The van der Waals surface area contributed by atoms with Crippen LogP contribution in [0.25, 0.3) is 11.3 Å². The van der Waals surface area contributed by atoms with E-state index in [1.54, 1.807) is 18.3 Å². The average Bonchev–Trinajstić information content (AvgIpc) is 3.59. The van der Waals surface area contributed by atoms with Gasteiger partial charge in [-0.2, -0.15) is 0 Å². The highest BCUT2D eigenvalue weighted by Crippen LogP contribution is 2.40. The number of nitrogens with one attached hydrogen (secondary N) is 2. The third-order valence-electron chi connectivity index (χ3n) is 7.57. The molecule has 0 unspecified atom stereocenters. The molecule has 0 radical (unpaired) electrons. The molecular weight excluding hydrogens is 490 g/mol. The maximum absolute atomic E-state index is 13.2. The second-order valence-electron chi connectivity index (χ2n) is 9.89. The molecule has 2 N–H and O–H groups in total. The van der Waals surface area contributed by atoms with Gasteiger partial charge in [-0.1, -0.05) is 53.7 Å². The molecule has 4 heterocycles. The Labute approximate surface area is 218 Å². The van der Waals surface area contributed by atoms with Crippen LogP contribution in [-0.2, 0) is 4.79 Å². The van der Waals surface area contributed by atoms with Gasteiger partial charge in [0.2, 0.25) is 5.91 Å². The van der Waals surface area contributed by atoms with Crippen LogP contribution in [0.1, 0.15) is 40.1 Å². The minimum Gasteiger partial charge on any atom is -0.355 e. The molecule has 9 nitrogen and oxygen atoms in total. The van der Waals surface area contributed by atoms with Crippen molar-refractivity contribution in [2.45, 2.75) is 24.3 Å². The Morgan fingerprint density at radius 3 is 2.89 bits per heavy atom. The summed E-state index contributed by atoms with van der Waals surface area (Å²) in [5.41, 5.74) is 2.22. The van der Waals surface area contributed by atoms with Crippen molar-refractivity contribution >= 4 is 35.2 Å². The van der Waals surface area contributed by atoms with Crippen LogP contribution in [0.15, 0.2) is 58.2 Å². The van der Waals surface area contributed by atoms with Crippen molar-refractivity contribution in [2.24, 2.45) is 17.8 Å². The Morgan fingerprint density at radius 1 is 1.16 bits per heavy atom. The molecule has 1 saturated carbocycles. The minimum absolute atomic E-state index is 0.0904. The molecule has 10 heteroatoms. The summed E-state index contributed by atoms with van der Waals surface area (Å²) in [6.45, 7) is 1.90. The Morgan fingerprint density at radius 2 is 2.03 bits per heavy atom. The highest BCUT2D eigenvalue weighted by atomic mass is 32.2. The lowest BCUT2D eigenvalue weighted by atomic mass is 9.74. The highest BCUT2D eigenvalue weighted by molar-refractivity contribution is 8.00. The Balaban J connectivity index is 1.08. The van der Waals surface area contributed by atoms with Crippen LogP contribution in [0.2, 0.25) is 0 Å². The van der Waals surface area contributed by atoms with Gasteiger partial charge in [0.15, 0.2) is 11.5 Å². The molecule has 0 bridgehead atoms. The summed E-state index contributed by atoms with van der Waals surface area (Å²) in [5, 5.41) is 10.6. The Bertz CT molecular complexity index is 1340. The molecule has 2 aromatic heterocycles. The SMILES string of the molecule is O=C1CSc2ncc(C(=O)NC[C@H]3CCC[C@@H]4CN(C(=O)c5cc(-c6ccccc6)on5)C[C@H]34)cc2N1. The first kappa shape index (κ1) is 23.7. The van der Waals surface area contributed by atoms with Crippen molar-refractivity contribution in [2.75, 3.05) is 30.7 Å². The highest BCUT2D eigenvalue weighted by Gasteiger charge is 2.42. The van der Waals surface area contributed by atoms with Crippen LogP contribution in [0.5, 0.6) is 0 Å². The van der Waals surface area contributed by atoms with E-state index in [0.29, 0.717) is 65.8 Å². The normalized spacial score (nSPS) is 22.6. The van der Waals surface area contributed by atoms with Gasteiger partial charge in [0.05, 0.1) is 17.0 Å². The summed E-state index contributed by atoms with van der Waals surface area (Å²) in [6.07, 6.45) is 4.73. The van der Waals surface area contributed by atoms with Gasteiger partial charge in [-0.15, -0.1) is 0 Å². The quantitative estimate of drug-likeness (QED) is 0.530. The zero-order valence-corrected chi connectivity index (χ0v) is 21.0. The largest absolute Gasteiger partial charge is 0.355 e. The van der Waals surface area contributed by atoms with Gasteiger partial charge in [-0.3, -0.25) is 14.4 Å². The molecular formula is C27H27N5O4S. The fourth-order valence-electron chi connectivity index (χ4n) is 5.71. The number of carbonyl (C=O) groups excluding carboxylic acids is 3. The van der Waals surface area contributed by atoms with E-state index >= 15 is 0 Å². The monoisotopic (exact) mass is 517 g/mol. The molecule has 3 aliphatic rings. The standard InChI is InChI=1S/C27H27N5O4S/c33-24-15-37-26-21(30-24)9-19(12-29-26)25(34)28-11-17-7-4-8-18-13-32(14-20(17)18)27(35)22-10-23(36-31-22)16-5-2-1-3-6-16/h1-3,5-6,9-10,12,17-18,20H,4,7-8,11,13-15H2,(H,28,34)(H,30,33)/t17-,18-,20-/m1/s1. The molecule has 0 spiro atoms. The number of aromatic nitrogens is 2. The van der Waals surface area contributed by atoms with E-state index in [2.05, 4.69) is 20.8 Å². The predicted molar refractivity (Wildman–Crippen MR) is 138 cm³/mol. The number of hydrogen-bond donors (Lipinski definition) is 2. The Kier molecular flexibility index (Phi) is 6.42. The van der Waals surface area contributed by atoms with Gasteiger partial charge in [0, 0.05) is 37.5 Å². The lowest BCUT2D eigenvalue weighted by Gasteiger charge is -2.32. The maximum atomic E-state index is 13.2. The number of hydrogen-bond acceptors (Lipinski definition) is 7. The fourth-order valence-corrected chi connectivity index (χ4v) is 6.45. The topological polar surface area (TPSA) is 117 Å². The lowest BCUT2D eigenvalue weighted by Crippen LogP contribution is -2.37. The van der Waals surface area contributed by atoms with E-state index in [1.165, 1.54) is 11.8 Å². The summed E-state index contributed by atoms with van der Waals surface area (Å²) >= 11 is 1.37. The van der Waals surface area contributed by atoms with Crippen molar-refractivity contribution in [3.8, 4) is 11.3 Å². The molecule has 190 valence electrons. The van der Waals surface area contributed by atoms with Crippen LogP contribution in [0, 0.1) is 17.8 Å². The number of nitrogens with zero attached hydrogens (tertiary/aromatic N) is 3. The van der Waals surface area contributed by atoms with Crippen LogP contribution < -0.4 is 10.6 Å². The molecule has 1 aliphatic carbocycles. The smallest absolute Gasteiger partial charge is 0.276 e. The summed E-state index contributed by atoms with van der Waals surface area (Å²) in [7, 11) is 0. The van der Waals surface area contributed by atoms with E-state index in [1.807, 2.05) is 35.2 Å². The van der Waals surface area contributed by atoms with E-state index < -0.39 is 0 Å². The third kappa shape index (κ3) is 4.85. The van der Waals surface area contributed by atoms with E-state index in [0.717, 1.165) is 29.9 Å². The predicted octanol–water partition coefficient (Wildman–Crippen LogP) is 3.70. The summed E-state index contributed by atoms with van der Waals surface area (Å²) in [6, 6.07) is 13.0. The number of thioether (sulfide) groups is 1. The molecule has 1 saturated heterocycles. The number of benzene rings is 1. The van der Waals surface area contributed by atoms with Gasteiger partial charge >= 0.3 is 0 Å². The van der Waals surface area contributed by atoms with Gasteiger partial charge in [-0.05, 0) is 36.7 Å². The van der Waals surface area contributed by atoms with Crippen molar-refractivity contribution in [3.05, 3.63) is 59.9 Å². The van der Waals surface area contributed by atoms with Gasteiger partial charge < -0.3 is 20.1 Å². The molecule has 2 aliphatic heterocycles. The number of amides is 3. The van der Waals surface area contributed by atoms with Crippen molar-refractivity contribution in [3.63, 3.8) is 0 Å². The van der Waals surface area contributed by atoms with Crippen LogP contribution in [0.4, 0.5) is 5.69 Å². The first-order chi connectivity index (χ1) is 18.0. The van der Waals surface area contributed by atoms with Gasteiger partial charge in [-0.25, -0.2) is 4.98 Å². The van der Waals surface area contributed by atoms with Crippen LogP contribution in [0.3, 0.4) is 0 Å².